The number of anilines is 3. The van der Waals surface area contributed by atoms with Gasteiger partial charge < -0.3 is 4.74 Å². The first-order valence-corrected chi connectivity index (χ1v) is 13.7. The van der Waals surface area contributed by atoms with Crippen molar-refractivity contribution in [2.24, 2.45) is 0 Å². The van der Waals surface area contributed by atoms with Gasteiger partial charge in [0.25, 0.3) is 29.5 Å². The van der Waals surface area contributed by atoms with Gasteiger partial charge in [0, 0.05) is 17.2 Å². The van der Waals surface area contributed by atoms with E-state index in [9.17, 15) is 28.4 Å². The summed E-state index contributed by atoms with van der Waals surface area (Å²) in [6.07, 6.45) is 8.01. The molecule has 0 spiro atoms. The van der Waals surface area contributed by atoms with E-state index in [0.717, 1.165) is 23.8 Å². The number of nitrogens with zero attached hydrogens (tertiary/aromatic N) is 3. The molecule has 9 nitrogen and oxygen atoms in total. The number of carbonyl (C=O) groups excluding carboxylic acids is 5. The van der Waals surface area contributed by atoms with E-state index in [0.29, 0.717) is 40.8 Å². The second kappa shape index (κ2) is 11.0. The maximum atomic E-state index is 14.7. The highest BCUT2D eigenvalue weighted by Gasteiger charge is 2.42. The van der Waals surface area contributed by atoms with E-state index in [-0.39, 0.29) is 48.0 Å². The molecular formula is C33H24FN3O6. The van der Waals surface area contributed by atoms with Crippen molar-refractivity contribution in [2.75, 3.05) is 27.9 Å². The van der Waals surface area contributed by atoms with Crippen LogP contribution in [-0.2, 0) is 14.4 Å². The van der Waals surface area contributed by atoms with E-state index in [1.807, 2.05) is 6.07 Å². The molecule has 3 aromatic rings. The lowest BCUT2D eigenvalue weighted by Crippen LogP contribution is -2.39. The molecule has 0 bridgehead atoms. The Labute approximate surface area is 246 Å². The van der Waals surface area contributed by atoms with Crippen LogP contribution in [0.4, 0.5) is 21.5 Å². The van der Waals surface area contributed by atoms with E-state index < -0.39 is 17.6 Å². The molecule has 3 aliphatic heterocycles. The quantitative estimate of drug-likeness (QED) is 0.337. The molecule has 0 saturated carbocycles. The van der Waals surface area contributed by atoms with Crippen LogP contribution in [-0.4, -0.2) is 42.7 Å². The number of hydrogen-bond donors (Lipinski definition) is 0. The van der Waals surface area contributed by atoms with E-state index in [4.69, 9.17) is 11.2 Å². The third-order valence-corrected chi connectivity index (χ3v) is 7.66. The summed E-state index contributed by atoms with van der Waals surface area (Å²) in [6, 6.07) is 18.2. The standard InChI is InChI=1S/C19H15FN2O4.C14H9NO2/c1-2-7-21-15-9-14(13(20)8-16(15)26-10-17(21)23)22-18(24)11-5-3-4-6-12(11)19(22)25;16-13-11-8-4-5-9-12(11)14(17)15(13)10-6-2-1-3-7-10/h1,8-9H,3-7,10H2;1-9H. The maximum absolute atomic E-state index is 14.7. The molecule has 0 atom stereocenters. The van der Waals surface area contributed by atoms with Crippen molar-refractivity contribution in [3.63, 3.8) is 0 Å². The molecule has 7 rings (SSSR count). The molecule has 0 radical (unpaired) electrons. The normalized spacial score (nSPS) is 17.2. The Hall–Kier alpha value is -5.56. The summed E-state index contributed by atoms with van der Waals surface area (Å²) in [5, 5.41) is 0. The van der Waals surface area contributed by atoms with Crippen molar-refractivity contribution >= 4 is 46.6 Å². The molecule has 0 fully saturated rings. The zero-order chi connectivity index (χ0) is 30.2. The first kappa shape index (κ1) is 27.6. The summed E-state index contributed by atoms with van der Waals surface area (Å²) in [5.41, 5.74) is 2.55. The van der Waals surface area contributed by atoms with Gasteiger partial charge in [0.05, 0.1) is 34.7 Å². The van der Waals surface area contributed by atoms with Crippen LogP contribution in [0.3, 0.4) is 0 Å². The third-order valence-electron chi connectivity index (χ3n) is 7.66. The molecule has 4 aliphatic rings. The van der Waals surface area contributed by atoms with Gasteiger partial charge in [-0.3, -0.25) is 28.9 Å². The molecule has 1 aliphatic carbocycles. The minimum absolute atomic E-state index is 0.0170. The number of rotatable bonds is 3. The van der Waals surface area contributed by atoms with Crippen LogP contribution in [0.5, 0.6) is 5.75 Å². The zero-order valence-electron chi connectivity index (χ0n) is 22.8. The Kier molecular flexibility index (Phi) is 7.08. The molecule has 3 heterocycles. The average molecular weight is 578 g/mol. The van der Waals surface area contributed by atoms with E-state index in [1.165, 1.54) is 15.9 Å². The summed E-state index contributed by atoms with van der Waals surface area (Å²) < 4.78 is 19.9. The fourth-order valence-corrected chi connectivity index (χ4v) is 5.61. The van der Waals surface area contributed by atoms with Crippen LogP contribution in [0.1, 0.15) is 46.4 Å². The minimum atomic E-state index is -0.764. The molecule has 0 saturated heterocycles. The summed E-state index contributed by atoms with van der Waals surface area (Å²) in [5.74, 6) is -0.100. The SMILES string of the molecule is C#CCN1C(=O)COc2cc(F)c(N3C(=O)C4=C(CCCC4)C3=O)cc21.O=C1c2ccccc2C(=O)N1c1ccccc1. The van der Waals surface area contributed by atoms with Crippen LogP contribution in [0.2, 0.25) is 0 Å². The Morgan fingerprint density at radius 1 is 0.744 bits per heavy atom. The van der Waals surface area contributed by atoms with Crippen LogP contribution in [0.25, 0.3) is 0 Å². The Balaban J connectivity index is 0.000000167. The van der Waals surface area contributed by atoms with E-state index >= 15 is 0 Å². The first-order chi connectivity index (χ1) is 20.8. The van der Waals surface area contributed by atoms with Gasteiger partial charge in [0.2, 0.25) is 0 Å². The molecule has 43 heavy (non-hydrogen) atoms. The Morgan fingerprint density at radius 3 is 1.91 bits per heavy atom. The zero-order valence-corrected chi connectivity index (χ0v) is 22.8. The molecule has 10 heteroatoms. The average Bonchev–Trinajstić information content (AvgIpc) is 3.43. The number of ether oxygens (including phenoxy) is 1. The van der Waals surface area contributed by atoms with Crippen LogP contribution in [0, 0.1) is 18.2 Å². The van der Waals surface area contributed by atoms with Crippen molar-refractivity contribution in [2.45, 2.75) is 25.7 Å². The van der Waals surface area contributed by atoms with E-state index in [2.05, 4.69) is 5.92 Å². The fourth-order valence-electron chi connectivity index (χ4n) is 5.61. The van der Waals surface area contributed by atoms with Crippen molar-refractivity contribution in [1.82, 2.24) is 0 Å². The Morgan fingerprint density at radius 2 is 1.33 bits per heavy atom. The minimum Gasteiger partial charge on any atom is -0.481 e. The number of halogens is 1. The highest BCUT2D eigenvalue weighted by Crippen LogP contribution is 2.41. The van der Waals surface area contributed by atoms with Crippen LogP contribution >= 0.6 is 0 Å². The van der Waals surface area contributed by atoms with Crippen LogP contribution in [0.15, 0.2) is 77.9 Å². The van der Waals surface area contributed by atoms with Crippen LogP contribution < -0.4 is 19.4 Å². The molecule has 0 unspecified atom stereocenters. The summed E-state index contributed by atoms with van der Waals surface area (Å²) >= 11 is 0. The number of benzene rings is 3. The third kappa shape index (κ3) is 4.65. The molecular weight excluding hydrogens is 553 g/mol. The van der Waals surface area contributed by atoms with Gasteiger partial charge in [0.15, 0.2) is 12.4 Å². The van der Waals surface area contributed by atoms with Gasteiger partial charge in [-0.25, -0.2) is 14.2 Å². The molecule has 0 aromatic heterocycles. The van der Waals surface area contributed by atoms with Crippen molar-refractivity contribution in [3.05, 3.63) is 94.8 Å². The number of carbonyl (C=O) groups is 5. The second-order valence-electron chi connectivity index (χ2n) is 10.2. The molecule has 0 N–H and O–H groups in total. The van der Waals surface area contributed by atoms with Crippen molar-refractivity contribution < 1.29 is 33.1 Å². The maximum Gasteiger partial charge on any atom is 0.266 e. The Bertz CT molecular complexity index is 1730. The lowest BCUT2D eigenvalue weighted by atomic mass is 9.93. The van der Waals surface area contributed by atoms with Gasteiger partial charge in [-0.05, 0) is 56.0 Å². The van der Waals surface area contributed by atoms with Gasteiger partial charge in [-0.15, -0.1) is 6.42 Å². The van der Waals surface area contributed by atoms with Gasteiger partial charge in [-0.2, -0.15) is 0 Å². The molecule has 214 valence electrons. The highest BCUT2D eigenvalue weighted by atomic mass is 19.1. The number of hydrogen-bond acceptors (Lipinski definition) is 6. The number of terminal acetylenes is 1. The predicted molar refractivity (Wildman–Crippen MR) is 155 cm³/mol. The lowest BCUT2D eigenvalue weighted by Gasteiger charge is -2.29. The smallest absolute Gasteiger partial charge is 0.266 e. The van der Waals surface area contributed by atoms with Crippen molar-refractivity contribution in [3.8, 4) is 18.1 Å². The second-order valence-corrected chi connectivity index (χ2v) is 10.2. The molecule has 5 amide bonds. The number of para-hydroxylation sites is 1. The fraction of sp³-hybridized carbons (Fsp3) is 0.182. The van der Waals surface area contributed by atoms with E-state index in [1.54, 1.807) is 48.5 Å². The molecule has 3 aromatic carbocycles. The number of amides is 5. The summed E-state index contributed by atoms with van der Waals surface area (Å²) in [6.45, 7) is -0.262. The van der Waals surface area contributed by atoms with Crippen molar-refractivity contribution in [1.29, 1.82) is 0 Å². The first-order valence-electron chi connectivity index (χ1n) is 13.7. The predicted octanol–water partition coefficient (Wildman–Crippen LogP) is 4.42. The van der Waals surface area contributed by atoms with Gasteiger partial charge in [0.1, 0.15) is 5.75 Å². The lowest BCUT2D eigenvalue weighted by molar-refractivity contribution is -0.121. The highest BCUT2D eigenvalue weighted by molar-refractivity contribution is 6.34. The summed E-state index contributed by atoms with van der Waals surface area (Å²) in [4.78, 5) is 65.0. The van der Waals surface area contributed by atoms with Gasteiger partial charge in [-0.1, -0.05) is 36.3 Å². The monoisotopic (exact) mass is 577 g/mol. The largest absolute Gasteiger partial charge is 0.481 e. The summed E-state index contributed by atoms with van der Waals surface area (Å²) in [7, 11) is 0. The number of imide groups is 2. The number of fused-ring (bicyclic) bond motifs is 2. The van der Waals surface area contributed by atoms with Gasteiger partial charge >= 0.3 is 0 Å². The topological polar surface area (TPSA) is 104 Å².